The second kappa shape index (κ2) is 7.27. The number of likely N-dealkylation sites (tertiary alicyclic amines) is 1. The van der Waals surface area contributed by atoms with Gasteiger partial charge in [-0.05, 0) is 49.4 Å². The van der Waals surface area contributed by atoms with Gasteiger partial charge in [-0.3, -0.25) is 0 Å². The first-order valence-electron chi connectivity index (χ1n) is 9.15. The number of urea groups is 1. The van der Waals surface area contributed by atoms with Crippen molar-refractivity contribution in [2.75, 3.05) is 13.1 Å². The number of nitrogens with one attached hydrogen (secondary N) is 2. The summed E-state index contributed by atoms with van der Waals surface area (Å²) < 4.78 is 1.82. The van der Waals surface area contributed by atoms with Crippen molar-refractivity contribution in [2.24, 2.45) is 0 Å². The van der Waals surface area contributed by atoms with Crippen molar-refractivity contribution in [1.29, 1.82) is 0 Å². The lowest BCUT2D eigenvalue weighted by molar-refractivity contribution is 0.186. The highest BCUT2D eigenvalue weighted by molar-refractivity contribution is 5.74. The summed E-state index contributed by atoms with van der Waals surface area (Å²) >= 11 is 0. The lowest BCUT2D eigenvalue weighted by Crippen LogP contribution is -2.48. The van der Waals surface area contributed by atoms with Crippen molar-refractivity contribution in [3.05, 3.63) is 48.3 Å². The first kappa shape index (κ1) is 16.1. The number of benzene rings is 1. The number of rotatable bonds is 5. The zero-order chi connectivity index (χ0) is 17.1. The monoisotopic (exact) mass is 339 g/mol. The maximum Gasteiger partial charge on any atom is 0.315 e. The molecule has 1 aliphatic carbocycles. The molecule has 0 radical (unpaired) electrons. The molecule has 0 bridgehead atoms. The summed E-state index contributed by atoms with van der Waals surface area (Å²) in [6.07, 6.45) is 8.50. The van der Waals surface area contributed by atoms with Crippen molar-refractivity contribution in [1.82, 2.24) is 25.3 Å². The summed E-state index contributed by atoms with van der Waals surface area (Å²) in [7, 11) is 0. The molecular formula is C19H25N5O. The van der Waals surface area contributed by atoms with Gasteiger partial charge >= 0.3 is 6.03 Å². The molecule has 4 rings (SSSR count). The third-order valence-corrected chi connectivity index (χ3v) is 5.09. The second-order valence-corrected chi connectivity index (χ2v) is 6.99. The van der Waals surface area contributed by atoms with Gasteiger partial charge in [-0.2, -0.15) is 5.10 Å². The molecular weight excluding hydrogens is 314 g/mol. The van der Waals surface area contributed by atoms with E-state index < -0.39 is 0 Å². The molecule has 25 heavy (non-hydrogen) atoms. The van der Waals surface area contributed by atoms with Crippen molar-refractivity contribution < 1.29 is 4.79 Å². The van der Waals surface area contributed by atoms with Gasteiger partial charge < -0.3 is 15.5 Å². The molecule has 0 atom stereocenters. The Morgan fingerprint density at radius 1 is 1.12 bits per heavy atom. The highest BCUT2D eigenvalue weighted by Gasteiger charge is 2.32. The fourth-order valence-corrected chi connectivity index (χ4v) is 3.46. The lowest BCUT2D eigenvalue weighted by atomic mass is 10.1. The predicted molar refractivity (Wildman–Crippen MR) is 96.6 cm³/mol. The van der Waals surface area contributed by atoms with E-state index in [1.807, 2.05) is 41.2 Å². The number of aromatic nitrogens is 2. The Hall–Kier alpha value is -2.34. The molecule has 2 aromatic rings. The van der Waals surface area contributed by atoms with Gasteiger partial charge in [0.2, 0.25) is 0 Å². The van der Waals surface area contributed by atoms with Crippen molar-refractivity contribution in [2.45, 2.75) is 44.3 Å². The molecule has 6 nitrogen and oxygen atoms in total. The number of piperidine rings is 1. The van der Waals surface area contributed by atoms with Gasteiger partial charge in [0.05, 0.1) is 5.69 Å². The molecule has 2 heterocycles. The Morgan fingerprint density at radius 3 is 2.52 bits per heavy atom. The summed E-state index contributed by atoms with van der Waals surface area (Å²) in [6.45, 7) is 2.77. The summed E-state index contributed by atoms with van der Waals surface area (Å²) in [6, 6.07) is 11.0. The average molecular weight is 339 g/mol. The first-order valence-corrected chi connectivity index (χ1v) is 9.15. The third-order valence-electron chi connectivity index (χ3n) is 5.09. The number of carbonyl (C=O) groups excluding carboxylic acids is 1. The van der Waals surface area contributed by atoms with E-state index >= 15 is 0 Å². The van der Waals surface area contributed by atoms with E-state index in [0.717, 1.165) is 43.2 Å². The SMILES string of the molecule is O=C(NCc1ccc(-n2cccn2)cc1)NC1CCN(C2CC2)CC1. The number of amides is 2. The van der Waals surface area contributed by atoms with Crippen LogP contribution in [0, 0.1) is 0 Å². The minimum absolute atomic E-state index is 0.0685. The molecule has 2 fully saturated rings. The summed E-state index contributed by atoms with van der Waals surface area (Å²) in [5.74, 6) is 0. The van der Waals surface area contributed by atoms with Crippen LogP contribution >= 0.6 is 0 Å². The minimum Gasteiger partial charge on any atom is -0.335 e. The quantitative estimate of drug-likeness (QED) is 0.879. The average Bonchev–Trinajstić information content (AvgIpc) is 3.35. The Balaban J connectivity index is 1.21. The molecule has 1 aliphatic heterocycles. The van der Waals surface area contributed by atoms with Gasteiger partial charge in [0, 0.05) is 44.1 Å². The van der Waals surface area contributed by atoms with Crippen molar-refractivity contribution in [3.63, 3.8) is 0 Å². The van der Waals surface area contributed by atoms with E-state index in [1.54, 1.807) is 6.20 Å². The van der Waals surface area contributed by atoms with Crippen LogP contribution in [0.1, 0.15) is 31.2 Å². The van der Waals surface area contributed by atoms with Crippen LogP contribution in [-0.4, -0.2) is 45.9 Å². The van der Waals surface area contributed by atoms with Gasteiger partial charge in [-0.15, -0.1) is 0 Å². The highest BCUT2D eigenvalue weighted by Crippen LogP contribution is 2.29. The van der Waals surface area contributed by atoms with Crippen molar-refractivity contribution >= 4 is 6.03 Å². The third kappa shape index (κ3) is 4.20. The van der Waals surface area contributed by atoms with Crippen LogP contribution in [0.25, 0.3) is 5.69 Å². The molecule has 1 aromatic heterocycles. The molecule has 1 saturated heterocycles. The number of hydrogen-bond donors (Lipinski definition) is 2. The molecule has 6 heteroatoms. The molecule has 0 spiro atoms. The maximum absolute atomic E-state index is 12.1. The van der Waals surface area contributed by atoms with Gasteiger partial charge in [-0.1, -0.05) is 12.1 Å². The van der Waals surface area contributed by atoms with Crippen molar-refractivity contribution in [3.8, 4) is 5.69 Å². The van der Waals surface area contributed by atoms with E-state index in [4.69, 9.17) is 0 Å². The highest BCUT2D eigenvalue weighted by atomic mass is 16.2. The molecule has 2 aliphatic rings. The van der Waals surface area contributed by atoms with Crippen LogP contribution in [0.15, 0.2) is 42.7 Å². The molecule has 1 aromatic carbocycles. The van der Waals surface area contributed by atoms with Crippen LogP contribution in [0.3, 0.4) is 0 Å². The molecule has 132 valence electrons. The van der Waals surface area contributed by atoms with Gasteiger partial charge in [0.1, 0.15) is 0 Å². The Bertz CT molecular complexity index is 685. The fraction of sp³-hybridized carbons (Fsp3) is 0.474. The van der Waals surface area contributed by atoms with E-state index in [9.17, 15) is 4.79 Å². The fourth-order valence-electron chi connectivity index (χ4n) is 3.46. The Morgan fingerprint density at radius 2 is 1.88 bits per heavy atom. The molecule has 2 N–H and O–H groups in total. The normalized spacial score (nSPS) is 18.9. The number of carbonyl (C=O) groups is 1. The number of hydrogen-bond acceptors (Lipinski definition) is 3. The summed E-state index contributed by atoms with van der Waals surface area (Å²) in [5.41, 5.74) is 2.09. The topological polar surface area (TPSA) is 62.2 Å². The van der Waals surface area contributed by atoms with Gasteiger partial charge in [0.25, 0.3) is 0 Å². The van der Waals surface area contributed by atoms with Crippen LogP contribution < -0.4 is 10.6 Å². The number of nitrogens with zero attached hydrogens (tertiary/aromatic N) is 3. The van der Waals surface area contributed by atoms with Gasteiger partial charge in [-0.25, -0.2) is 9.48 Å². The van der Waals surface area contributed by atoms with Crippen LogP contribution in [0.5, 0.6) is 0 Å². The van der Waals surface area contributed by atoms with Crippen LogP contribution in [-0.2, 0) is 6.54 Å². The van der Waals surface area contributed by atoms with Gasteiger partial charge in [0.15, 0.2) is 0 Å². The van der Waals surface area contributed by atoms with Crippen LogP contribution in [0.4, 0.5) is 4.79 Å². The molecule has 1 saturated carbocycles. The summed E-state index contributed by atoms with van der Waals surface area (Å²) in [4.78, 5) is 14.7. The van der Waals surface area contributed by atoms with Crippen LogP contribution in [0.2, 0.25) is 0 Å². The first-order chi connectivity index (χ1) is 12.3. The Kier molecular flexibility index (Phi) is 4.70. The van der Waals surface area contributed by atoms with E-state index in [0.29, 0.717) is 12.6 Å². The predicted octanol–water partition coefficient (Wildman–Crippen LogP) is 2.30. The van der Waals surface area contributed by atoms with E-state index in [1.165, 1.54) is 12.8 Å². The zero-order valence-corrected chi connectivity index (χ0v) is 14.4. The lowest BCUT2D eigenvalue weighted by Gasteiger charge is -2.32. The van der Waals surface area contributed by atoms with E-state index in [2.05, 4.69) is 20.6 Å². The molecule has 0 unspecified atom stereocenters. The Labute approximate surface area is 148 Å². The maximum atomic E-state index is 12.1. The van der Waals surface area contributed by atoms with E-state index in [-0.39, 0.29) is 6.03 Å². The smallest absolute Gasteiger partial charge is 0.315 e. The summed E-state index contributed by atoms with van der Waals surface area (Å²) in [5, 5.41) is 10.3. The largest absolute Gasteiger partial charge is 0.335 e. The minimum atomic E-state index is -0.0685. The standard InChI is InChI=1S/C19H25N5O/c25-19(22-16-8-12-23(13-9-16)17-6-7-17)20-14-15-2-4-18(5-3-15)24-11-1-10-21-24/h1-5,10-11,16-17H,6-9,12-14H2,(H2,20,22,25). The molecule has 2 amide bonds. The zero-order valence-electron chi connectivity index (χ0n) is 14.4. The second-order valence-electron chi connectivity index (χ2n) is 6.99.